The highest BCUT2D eigenvalue weighted by Gasteiger charge is 2.07. The fraction of sp³-hybridized carbons (Fsp3) is 0.286. The Kier molecular flexibility index (Phi) is 4.56. The second kappa shape index (κ2) is 5.94. The molecule has 0 aromatic heterocycles. The van der Waals surface area contributed by atoms with E-state index in [1.54, 1.807) is 6.08 Å². The van der Waals surface area contributed by atoms with Crippen LogP contribution in [0.15, 0.2) is 41.6 Å². The lowest BCUT2D eigenvalue weighted by Gasteiger charge is -2.02. The fourth-order valence-electron chi connectivity index (χ4n) is 1.34. The molecule has 0 atom stereocenters. The molecule has 0 aliphatic carbocycles. The van der Waals surface area contributed by atoms with Gasteiger partial charge in [-0.15, -0.1) is 5.73 Å². The molecule has 1 N–H and O–H groups in total. The van der Waals surface area contributed by atoms with Gasteiger partial charge >= 0.3 is 5.97 Å². The van der Waals surface area contributed by atoms with E-state index in [4.69, 9.17) is 5.11 Å². The molecular formula is C14H16O2. The maximum atomic E-state index is 10.9. The van der Waals surface area contributed by atoms with Crippen LogP contribution in [0.4, 0.5) is 0 Å². The van der Waals surface area contributed by atoms with Crippen molar-refractivity contribution in [2.24, 2.45) is 5.92 Å². The number of hydrogen-bond acceptors (Lipinski definition) is 1. The van der Waals surface area contributed by atoms with Crippen LogP contribution in [0.5, 0.6) is 0 Å². The maximum Gasteiger partial charge on any atom is 0.339 e. The zero-order chi connectivity index (χ0) is 12.0. The quantitative estimate of drug-likeness (QED) is 0.619. The van der Waals surface area contributed by atoms with Crippen LogP contribution in [0, 0.1) is 5.92 Å². The lowest BCUT2D eigenvalue weighted by Crippen LogP contribution is -2.02. The molecule has 0 saturated carbocycles. The SMILES string of the molecule is CC(C)CC(=C=Cc1ccccc1)C(=O)O. The first kappa shape index (κ1) is 12.3. The van der Waals surface area contributed by atoms with Gasteiger partial charge < -0.3 is 5.11 Å². The van der Waals surface area contributed by atoms with Crippen LogP contribution >= 0.6 is 0 Å². The molecule has 1 rings (SSSR count). The molecule has 84 valence electrons. The predicted molar refractivity (Wildman–Crippen MR) is 65.0 cm³/mol. The van der Waals surface area contributed by atoms with Crippen molar-refractivity contribution in [3.63, 3.8) is 0 Å². The minimum absolute atomic E-state index is 0.322. The molecule has 2 heteroatoms. The first-order valence-electron chi connectivity index (χ1n) is 5.33. The van der Waals surface area contributed by atoms with Crippen LogP contribution < -0.4 is 0 Å². The molecule has 0 aliphatic rings. The number of rotatable bonds is 4. The van der Waals surface area contributed by atoms with Gasteiger partial charge in [-0.05, 0) is 24.0 Å². The molecule has 0 spiro atoms. The van der Waals surface area contributed by atoms with E-state index in [1.165, 1.54) is 0 Å². The number of hydrogen-bond donors (Lipinski definition) is 1. The molecule has 0 saturated heterocycles. The summed E-state index contributed by atoms with van der Waals surface area (Å²) in [4.78, 5) is 10.9. The first-order chi connectivity index (χ1) is 7.59. The summed E-state index contributed by atoms with van der Waals surface area (Å²) in [6.45, 7) is 3.99. The van der Waals surface area contributed by atoms with Gasteiger partial charge in [-0.25, -0.2) is 4.79 Å². The van der Waals surface area contributed by atoms with Gasteiger partial charge in [0.05, 0.1) is 5.57 Å². The van der Waals surface area contributed by atoms with E-state index < -0.39 is 5.97 Å². The van der Waals surface area contributed by atoms with E-state index in [-0.39, 0.29) is 0 Å². The summed E-state index contributed by atoms with van der Waals surface area (Å²) in [7, 11) is 0. The summed E-state index contributed by atoms with van der Waals surface area (Å²) >= 11 is 0. The molecule has 16 heavy (non-hydrogen) atoms. The topological polar surface area (TPSA) is 37.3 Å². The largest absolute Gasteiger partial charge is 0.477 e. The van der Waals surface area contributed by atoms with Crippen molar-refractivity contribution in [1.29, 1.82) is 0 Å². The molecule has 0 amide bonds. The van der Waals surface area contributed by atoms with E-state index in [0.717, 1.165) is 5.56 Å². The molecule has 0 unspecified atom stereocenters. The van der Waals surface area contributed by atoms with Gasteiger partial charge in [-0.1, -0.05) is 44.2 Å². The third-order valence-electron chi connectivity index (χ3n) is 2.08. The highest BCUT2D eigenvalue weighted by Crippen LogP contribution is 2.10. The van der Waals surface area contributed by atoms with Crippen LogP contribution in [0.1, 0.15) is 25.8 Å². The van der Waals surface area contributed by atoms with Crippen molar-refractivity contribution in [3.8, 4) is 0 Å². The van der Waals surface area contributed by atoms with Crippen LogP contribution in [-0.4, -0.2) is 11.1 Å². The Hall–Kier alpha value is -1.79. The fourth-order valence-corrected chi connectivity index (χ4v) is 1.34. The molecule has 1 aromatic carbocycles. The van der Waals surface area contributed by atoms with Gasteiger partial charge in [0, 0.05) is 0 Å². The van der Waals surface area contributed by atoms with Crippen LogP contribution in [0.3, 0.4) is 0 Å². The summed E-state index contributed by atoms with van der Waals surface area (Å²) < 4.78 is 0. The molecule has 0 fully saturated rings. The van der Waals surface area contributed by atoms with Crippen LogP contribution in [0.25, 0.3) is 6.08 Å². The molecular weight excluding hydrogens is 200 g/mol. The summed E-state index contributed by atoms with van der Waals surface area (Å²) in [6.07, 6.45) is 2.25. The van der Waals surface area contributed by atoms with E-state index in [9.17, 15) is 4.79 Å². The molecule has 0 radical (unpaired) electrons. The lowest BCUT2D eigenvalue weighted by atomic mass is 10.0. The van der Waals surface area contributed by atoms with Crippen molar-refractivity contribution in [2.45, 2.75) is 20.3 Å². The highest BCUT2D eigenvalue weighted by molar-refractivity contribution is 5.87. The van der Waals surface area contributed by atoms with Gasteiger partial charge in [0.15, 0.2) is 0 Å². The maximum absolute atomic E-state index is 10.9. The van der Waals surface area contributed by atoms with Crippen molar-refractivity contribution < 1.29 is 9.90 Å². The van der Waals surface area contributed by atoms with Crippen molar-refractivity contribution in [1.82, 2.24) is 0 Å². The zero-order valence-electron chi connectivity index (χ0n) is 9.60. The number of carboxylic acid groups (broad SMARTS) is 1. The summed E-state index contributed by atoms with van der Waals surface area (Å²) in [5.74, 6) is -0.566. The molecule has 2 nitrogen and oxygen atoms in total. The highest BCUT2D eigenvalue weighted by atomic mass is 16.4. The van der Waals surface area contributed by atoms with Gasteiger partial charge in [0.25, 0.3) is 0 Å². The Morgan fingerprint density at radius 2 is 2.00 bits per heavy atom. The molecule has 1 aromatic rings. The second-order valence-corrected chi connectivity index (χ2v) is 4.08. The molecule has 0 aliphatic heterocycles. The number of carboxylic acids is 1. The van der Waals surface area contributed by atoms with E-state index in [1.807, 2.05) is 44.2 Å². The Balaban J connectivity index is 2.94. The van der Waals surface area contributed by atoms with E-state index in [0.29, 0.717) is 17.9 Å². The zero-order valence-corrected chi connectivity index (χ0v) is 9.60. The summed E-state index contributed by atoms with van der Waals surface area (Å²) in [5, 5.41) is 8.98. The predicted octanol–water partition coefficient (Wildman–Crippen LogP) is 3.36. The third kappa shape index (κ3) is 4.16. The second-order valence-electron chi connectivity index (χ2n) is 4.08. The molecule has 0 heterocycles. The smallest absolute Gasteiger partial charge is 0.339 e. The summed E-state index contributed by atoms with van der Waals surface area (Å²) in [5.41, 5.74) is 4.15. The minimum Gasteiger partial charge on any atom is -0.477 e. The van der Waals surface area contributed by atoms with E-state index >= 15 is 0 Å². The average molecular weight is 216 g/mol. The Labute approximate surface area is 95.9 Å². The van der Waals surface area contributed by atoms with Gasteiger partial charge in [0.2, 0.25) is 0 Å². The van der Waals surface area contributed by atoms with Crippen LogP contribution in [-0.2, 0) is 4.79 Å². The molecule has 0 bridgehead atoms. The average Bonchev–Trinajstić information content (AvgIpc) is 2.25. The van der Waals surface area contributed by atoms with Crippen molar-refractivity contribution in [3.05, 3.63) is 47.2 Å². The Morgan fingerprint density at radius 3 is 2.50 bits per heavy atom. The summed E-state index contributed by atoms with van der Waals surface area (Å²) in [6, 6.07) is 9.59. The van der Waals surface area contributed by atoms with Crippen LogP contribution in [0.2, 0.25) is 0 Å². The standard InChI is InChI=1S/C14H16O2/c1-11(2)10-13(14(15)16)9-8-12-6-4-3-5-7-12/h3-8,11H,10H2,1-2H3,(H,15,16). The van der Waals surface area contributed by atoms with Gasteiger partial charge in [0.1, 0.15) is 0 Å². The van der Waals surface area contributed by atoms with Crippen molar-refractivity contribution >= 4 is 12.0 Å². The van der Waals surface area contributed by atoms with Crippen molar-refractivity contribution in [2.75, 3.05) is 0 Å². The monoisotopic (exact) mass is 216 g/mol. The number of carbonyl (C=O) groups is 1. The normalized spacial score (nSPS) is 9.69. The lowest BCUT2D eigenvalue weighted by molar-refractivity contribution is -0.132. The Morgan fingerprint density at radius 1 is 1.38 bits per heavy atom. The third-order valence-corrected chi connectivity index (χ3v) is 2.08. The van der Waals surface area contributed by atoms with Gasteiger partial charge in [-0.2, -0.15) is 0 Å². The Bertz CT molecular complexity index is 410. The first-order valence-corrected chi connectivity index (χ1v) is 5.33. The number of benzene rings is 1. The number of aliphatic carboxylic acids is 1. The van der Waals surface area contributed by atoms with Gasteiger partial charge in [-0.3, -0.25) is 0 Å². The minimum atomic E-state index is -0.888. The van der Waals surface area contributed by atoms with E-state index in [2.05, 4.69) is 5.73 Å².